The van der Waals surface area contributed by atoms with Gasteiger partial charge in [0.25, 0.3) is 5.91 Å². The molecular weight excluding hydrogens is 237 g/mol. The van der Waals surface area contributed by atoms with Crippen LogP contribution in [0.1, 0.15) is 16.9 Å². The molecular formula is C9H13Cl2N3O. The fourth-order valence-corrected chi connectivity index (χ4v) is 1.47. The molecule has 0 saturated heterocycles. The van der Waals surface area contributed by atoms with Crippen molar-refractivity contribution < 1.29 is 4.79 Å². The number of nitrogens with one attached hydrogen (secondary N) is 1. The number of halogens is 2. The van der Waals surface area contributed by atoms with Crippen LogP contribution in [-0.2, 0) is 0 Å². The molecule has 3 N–H and O–H groups in total. The summed E-state index contributed by atoms with van der Waals surface area (Å²) in [6.45, 7) is 1.17. The number of aromatic nitrogens is 1. The van der Waals surface area contributed by atoms with E-state index in [0.29, 0.717) is 23.8 Å². The largest absolute Gasteiger partial charge is 0.340 e. The molecule has 1 rings (SSSR count). The third-order valence-corrected chi connectivity index (χ3v) is 2.69. The molecule has 0 aliphatic carbocycles. The maximum atomic E-state index is 11.8. The van der Waals surface area contributed by atoms with Gasteiger partial charge in [0.2, 0.25) is 0 Å². The Balaban J connectivity index is 2.67. The number of H-pyrrole nitrogens is 1. The van der Waals surface area contributed by atoms with Gasteiger partial charge in [-0.25, -0.2) is 0 Å². The van der Waals surface area contributed by atoms with E-state index in [1.807, 2.05) is 0 Å². The number of nitrogens with two attached hydrogens (primary N) is 1. The molecule has 0 atom stereocenters. The van der Waals surface area contributed by atoms with Crippen LogP contribution in [0.5, 0.6) is 0 Å². The summed E-state index contributed by atoms with van der Waals surface area (Å²) in [6.07, 6.45) is 0.768. The van der Waals surface area contributed by atoms with Crippen LogP contribution < -0.4 is 5.73 Å². The highest BCUT2D eigenvalue weighted by Crippen LogP contribution is 2.22. The fraction of sp³-hybridized carbons (Fsp3) is 0.444. The molecule has 0 unspecified atom stereocenters. The van der Waals surface area contributed by atoms with Gasteiger partial charge in [0.1, 0.15) is 10.8 Å². The molecule has 0 saturated carbocycles. The molecule has 0 aromatic carbocycles. The highest BCUT2D eigenvalue weighted by molar-refractivity contribution is 6.41. The predicted molar refractivity (Wildman–Crippen MR) is 61.4 cm³/mol. The predicted octanol–water partition coefficient (Wildman–Crippen LogP) is 1.74. The van der Waals surface area contributed by atoms with Crippen LogP contribution in [0.4, 0.5) is 0 Å². The van der Waals surface area contributed by atoms with E-state index in [4.69, 9.17) is 28.9 Å². The lowest BCUT2D eigenvalue weighted by atomic mass is 10.3. The molecule has 1 aromatic heterocycles. The minimum absolute atomic E-state index is 0.141. The smallest absolute Gasteiger partial charge is 0.270 e. The van der Waals surface area contributed by atoms with E-state index in [1.165, 1.54) is 6.07 Å². The Morgan fingerprint density at radius 3 is 2.73 bits per heavy atom. The minimum atomic E-state index is -0.141. The van der Waals surface area contributed by atoms with Crippen LogP contribution in [0.3, 0.4) is 0 Å². The van der Waals surface area contributed by atoms with E-state index in [-0.39, 0.29) is 11.1 Å². The van der Waals surface area contributed by atoms with Crippen molar-refractivity contribution >= 4 is 29.1 Å². The first-order valence-electron chi connectivity index (χ1n) is 4.55. The van der Waals surface area contributed by atoms with E-state index in [1.54, 1.807) is 11.9 Å². The monoisotopic (exact) mass is 249 g/mol. The molecule has 0 spiro atoms. The molecule has 84 valence electrons. The number of nitrogens with zero attached hydrogens (tertiary/aromatic N) is 1. The second-order valence-electron chi connectivity index (χ2n) is 3.21. The maximum absolute atomic E-state index is 11.8. The number of aromatic amines is 1. The Hall–Kier alpha value is -0.710. The van der Waals surface area contributed by atoms with E-state index in [0.717, 1.165) is 6.42 Å². The first-order valence-corrected chi connectivity index (χ1v) is 5.31. The zero-order valence-electron chi connectivity index (χ0n) is 8.39. The molecule has 6 heteroatoms. The molecule has 0 radical (unpaired) electrons. The van der Waals surface area contributed by atoms with Gasteiger partial charge in [0.15, 0.2) is 0 Å². The Morgan fingerprint density at radius 1 is 1.60 bits per heavy atom. The maximum Gasteiger partial charge on any atom is 0.270 e. The van der Waals surface area contributed by atoms with Gasteiger partial charge in [-0.15, -0.1) is 0 Å². The quantitative estimate of drug-likeness (QED) is 0.854. The average Bonchev–Trinajstić information content (AvgIpc) is 2.54. The van der Waals surface area contributed by atoms with Gasteiger partial charge in [-0.05, 0) is 19.0 Å². The molecule has 1 amide bonds. The second-order valence-corrected chi connectivity index (χ2v) is 4.00. The van der Waals surface area contributed by atoms with Gasteiger partial charge >= 0.3 is 0 Å². The number of hydrogen-bond donors (Lipinski definition) is 2. The van der Waals surface area contributed by atoms with Crippen LogP contribution in [0.15, 0.2) is 6.07 Å². The summed E-state index contributed by atoms with van der Waals surface area (Å²) in [7, 11) is 1.71. The van der Waals surface area contributed by atoms with Crippen molar-refractivity contribution in [3.05, 3.63) is 21.9 Å². The Morgan fingerprint density at radius 2 is 2.27 bits per heavy atom. The Kier molecular flexibility index (Phi) is 4.45. The molecule has 1 heterocycles. The zero-order valence-corrected chi connectivity index (χ0v) is 9.90. The average molecular weight is 250 g/mol. The highest BCUT2D eigenvalue weighted by Gasteiger charge is 2.15. The van der Waals surface area contributed by atoms with Gasteiger partial charge in [0, 0.05) is 13.6 Å². The molecule has 4 nitrogen and oxygen atoms in total. The van der Waals surface area contributed by atoms with Crippen LogP contribution in [-0.4, -0.2) is 35.9 Å². The van der Waals surface area contributed by atoms with Crippen molar-refractivity contribution in [1.29, 1.82) is 0 Å². The fourth-order valence-electron chi connectivity index (χ4n) is 1.15. The van der Waals surface area contributed by atoms with Crippen molar-refractivity contribution in [2.24, 2.45) is 5.73 Å². The zero-order chi connectivity index (χ0) is 11.4. The van der Waals surface area contributed by atoms with Gasteiger partial charge in [0.05, 0.1) is 5.02 Å². The highest BCUT2D eigenvalue weighted by atomic mass is 35.5. The van der Waals surface area contributed by atoms with Crippen LogP contribution in [0.2, 0.25) is 10.2 Å². The Bertz CT molecular complexity index is 332. The second kappa shape index (κ2) is 5.39. The topological polar surface area (TPSA) is 62.1 Å². The first kappa shape index (κ1) is 12.4. The van der Waals surface area contributed by atoms with Gasteiger partial charge in [-0.1, -0.05) is 23.2 Å². The summed E-state index contributed by atoms with van der Waals surface area (Å²) in [4.78, 5) is 16.0. The number of carbonyl (C=O) groups is 1. The van der Waals surface area contributed by atoms with Gasteiger partial charge in [-0.3, -0.25) is 4.79 Å². The van der Waals surface area contributed by atoms with Crippen LogP contribution >= 0.6 is 23.2 Å². The molecule has 0 bridgehead atoms. The lowest BCUT2D eigenvalue weighted by Crippen LogP contribution is -2.29. The summed E-state index contributed by atoms with van der Waals surface area (Å²) in [5, 5.41) is 0.638. The summed E-state index contributed by atoms with van der Waals surface area (Å²) >= 11 is 11.4. The first-order chi connectivity index (χ1) is 7.06. The number of rotatable bonds is 4. The van der Waals surface area contributed by atoms with Crippen molar-refractivity contribution in [3.8, 4) is 0 Å². The number of hydrogen-bond acceptors (Lipinski definition) is 2. The summed E-state index contributed by atoms with van der Waals surface area (Å²) in [5.74, 6) is -0.141. The molecule has 0 fully saturated rings. The van der Waals surface area contributed by atoms with Crippen LogP contribution in [0.25, 0.3) is 0 Å². The summed E-state index contributed by atoms with van der Waals surface area (Å²) < 4.78 is 0. The van der Waals surface area contributed by atoms with Crippen molar-refractivity contribution in [3.63, 3.8) is 0 Å². The van der Waals surface area contributed by atoms with E-state index in [9.17, 15) is 4.79 Å². The number of carbonyl (C=O) groups excluding carboxylic acids is 1. The van der Waals surface area contributed by atoms with E-state index >= 15 is 0 Å². The normalized spacial score (nSPS) is 10.4. The standard InChI is InChI=1S/C9H13Cl2N3O/c1-14(4-2-3-12)9(15)7-5-6(10)8(11)13-7/h5,13H,2-4,12H2,1H3. The van der Waals surface area contributed by atoms with Gasteiger partial charge < -0.3 is 15.6 Å². The number of amides is 1. The Labute approximate surface area is 98.3 Å². The third-order valence-electron chi connectivity index (χ3n) is 2.00. The lowest BCUT2D eigenvalue weighted by Gasteiger charge is -2.15. The third kappa shape index (κ3) is 3.12. The summed E-state index contributed by atoms with van der Waals surface area (Å²) in [5.41, 5.74) is 5.75. The van der Waals surface area contributed by atoms with Crippen LogP contribution in [0, 0.1) is 0 Å². The molecule has 0 aliphatic heterocycles. The minimum Gasteiger partial charge on any atom is -0.340 e. The van der Waals surface area contributed by atoms with E-state index in [2.05, 4.69) is 4.98 Å². The molecule has 15 heavy (non-hydrogen) atoms. The van der Waals surface area contributed by atoms with E-state index < -0.39 is 0 Å². The lowest BCUT2D eigenvalue weighted by molar-refractivity contribution is 0.0789. The van der Waals surface area contributed by atoms with Gasteiger partial charge in [-0.2, -0.15) is 0 Å². The van der Waals surface area contributed by atoms with Crippen molar-refractivity contribution in [2.45, 2.75) is 6.42 Å². The molecule has 0 aliphatic rings. The van der Waals surface area contributed by atoms with Crippen molar-refractivity contribution in [2.75, 3.05) is 20.1 Å². The summed E-state index contributed by atoms with van der Waals surface area (Å²) in [6, 6.07) is 1.52. The molecule has 1 aromatic rings. The SMILES string of the molecule is CN(CCCN)C(=O)c1cc(Cl)c(Cl)[nH]1. The van der Waals surface area contributed by atoms with Crippen molar-refractivity contribution in [1.82, 2.24) is 9.88 Å².